The molecule has 2 rings (SSSR count). The van der Waals surface area contributed by atoms with Gasteiger partial charge >= 0.3 is 5.97 Å². The van der Waals surface area contributed by atoms with Gasteiger partial charge in [0.15, 0.2) is 5.69 Å². The average molecular weight is 209 g/mol. The Morgan fingerprint density at radius 1 is 1.80 bits per heavy atom. The first-order valence-electron chi connectivity index (χ1n) is 5.21. The highest BCUT2D eigenvalue weighted by Gasteiger charge is 2.19. The lowest BCUT2D eigenvalue weighted by atomic mass is 10.2. The van der Waals surface area contributed by atoms with Crippen LogP contribution in [-0.4, -0.2) is 28.2 Å². The van der Waals surface area contributed by atoms with Gasteiger partial charge in [0.1, 0.15) is 0 Å². The minimum Gasteiger partial charge on any atom is -0.461 e. The fraction of sp³-hybridized carbons (Fsp3) is 0.600. The second kappa shape index (κ2) is 3.92. The molecule has 2 heterocycles. The molecule has 82 valence electrons. The zero-order valence-corrected chi connectivity index (χ0v) is 8.99. The van der Waals surface area contributed by atoms with Crippen LogP contribution in [0.25, 0.3) is 0 Å². The second-order valence-electron chi connectivity index (χ2n) is 3.70. The molecule has 5 heteroatoms. The molecule has 0 aromatic carbocycles. The summed E-state index contributed by atoms with van der Waals surface area (Å²) in [4.78, 5) is 15.6. The minimum absolute atomic E-state index is 0.353. The van der Waals surface area contributed by atoms with Crippen molar-refractivity contribution in [3.8, 4) is 0 Å². The number of carbonyl (C=O) groups is 1. The van der Waals surface area contributed by atoms with E-state index in [4.69, 9.17) is 4.74 Å². The first kappa shape index (κ1) is 10.0. The number of aryl methyl sites for hydroxylation is 1. The lowest BCUT2D eigenvalue weighted by Gasteiger charge is -2.21. The molecule has 0 saturated heterocycles. The number of imidazole rings is 1. The Bertz CT molecular complexity index is 373. The van der Waals surface area contributed by atoms with Crippen LogP contribution in [0.15, 0.2) is 6.20 Å². The Balaban J connectivity index is 2.19. The molecule has 0 saturated carbocycles. The highest BCUT2D eigenvalue weighted by molar-refractivity contribution is 5.87. The Kier molecular flexibility index (Phi) is 2.62. The maximum absolute atomic E-state index is 11.4. The first-order valence-corrected chi connectivity index (χ1v) is 5.21. The molecule has 0 aliphatic carbocycles. The molecule has 0 spiro atoms. The van der Waals surface area contributed by atoms with Crippen LogP contribution in [-0.2, 0) is 11.3 Å². The van der Waals surface area contributed by atoms with Gasteiger partial charge < -0.3 is 14.6 Å². The zero-order valence-electron chi connectivity index (χ0n) is 8.99. The number of ether oxygens (including phenoxy) is 1. The van der Waals surface area contributed by atoms with Crippen LogP contribution in [0.5, 0.6) is 0 Å². The van der Waals surface area contributed by atoms with E-state index in [-0.39, 0.29) is 5.97 Å². The number of anilines is 1. The number of hydrogen-bond donors (Lipinski definition) is 1. The molecule has 1 aliphatic heterocycles. The van der Waals surface area contributed by atoms with Crippen molar-refractivity contribution in [2.45, 2.75) is 32.9 Å². The van der Waals surface area contributed by atoms with E-state index in [1.54, 1.807) is 13.1 Å². The molecular weight excluding hydrogens is 194 g/mol. The van der Waals surface area contributed by atoms with E-state index in [9.17, 15) is 4.79 Å². The van der Waals surface area contributed by atoms with E-state index in [1.807, 2.05) is 4.57 Å². The minimum atomic E-state index is -0.353. The topological polar surface area (TPSA) is 56.2 Å². The summed E-state index contributed by atoms with van der Waals surface area (Å²) >= 11 is 0. The fourth-order valence-electron chi connectivity index (χ4n) is 1.63. The number of hydrogen-bond acceptors (Lipinski definition) is 4. The van der Waals surface area contributed by atoms with Crippen LogP contribution in [0.3, 0.4) is 0 Å². The molecule has 1 N–H and O–H groups in total. The van der Waals surface area contributed by atoms with Gasteiger partial charge in [-0.25, -0.2) is 9.78 Å². The Labute approximate surface area is 88.4 Å². The van der Waals surface area contributed by atoms with Crippen molar-refractivity contribution in [1.82, 2.24) is 9.55 Å². The Morgan fingerprint density at radius 2 is 2.60 bits per heavy atom. The first-order chi connectivity index (χ1) is 7.20. The van der Waals surface area contributed by atoms with E-state index in [0.29, 0.717) is 18.3 Å². The molecule has 0 bridgehead atoms. The number of esters is 1. The van der Waals surface area contributed by atoms with Gasteiger partial charge in [-0.2, -0.15) is 0 Å². The van der Waals surface area contributed by atoms with E-state index in [1.165, 1.54) is 0 Å². The van der Waals surface area contributed by atoms with Gasteiger partial charge in [0.2, 0.25) is 5.95 Å². The van der Waals surface area contributed by atoms with Crippen LogP contribution in [0.4, 0.5) is 5.95 Å². The summed E-state index contributed by atoms with van der Waals surface area (Å²) in [6.45, 7) is 5.16. The largest absolute Gasteiger partial charge is 0.461 e. The lowest BCUT2D eigenvalue weighted by Crippen LogP contribution is -2.25. The van der Waals surface area contributed by atoms with Gasteiger partial charge in [0.05, 0.1) is 6.61 Å². The molecule has 1 aromatic rings. The number of nitrogens with one attached hydrogen (secondary N) is 1. The van der Waals surface area contributed by atoms with Gasteiger partial charge in [-0.05, 0) is 20.3 Å². The zero-order chi connectivity index (χ0) is 10.8. The van der Waals surface area contributed by atoms with Gasteiger partial charge in [0, 0.05) is 18.8 Å². The average Bonchev–Trinajstić information content (AvgIpc) is 2.60. The van der Waals surface area contributed by atoms with Crippen LogP contribution in [0.1, 0.15) is 30.8 Å². The highest BCUT2D eigenvalue weighted by Crippen LogP contribution is 2.17. The molecule has 1 aliphatic rings. The normalized spacial score (nSPS) is 19.2. The maximum Gasteiger partial charge on any atom is 0.358 e. The number of rotatable bonds is 2. The monoisotopic (exact) mass is 209 g/mol. The summed E-state index contributed by atoms with van der Waals surface area (Å²) in [5.74, 6) is 0.408. The van der Waals surface area contributed by atoms with Crippen LogP contribution in [0, 0.1) is 0 Å². The molecule has 1 unspecified atom stereocenters. The number of carbonyl (C=O) groups excluding carboxylic acids is 1. The lowest BCUT2D eigenvalue weighted by molar-refractivity contribution is 0.0520. The summed E-state index contributed by atoms with van der Waals surface area (Å²) in [5, 5.41) is 3.22. The van der Waals surface area contributed by atoms with Crippen LogP contribution < -0.4 is 5.32 Å². The summed E-state index contributed by atoms with van der Waals surface area (Å²) < 4.78 is 6.84. The molecule has 15 heavy (non-hydrogen) atoms. The predicted octanol–water partition coefficient (Wildman–Crippen LogP) is 1.26. The molecule has 1 atom stereocenters. The van der Waals surface area contributed by atoms with Crippen molar-refractivity contribution >= 4 is 11.9 Å². The van der Waals surface area contributed by atoms with E-state index < -0.39 is 0 Å². The Morgan fingerprint density at radius 3 is 3.33 bits per heavy atom. The third kappa shape index (κ3) is 1.95. The second-order valence-corrected chi connectivity index (χ2v) is 3.70. The van der Waals surface area contributed by atoms with Crippen molar-refractivity contribution < 1.29 is 9.53 Å². The van der Waals surface area contributed by atoms with E-state index >= 15 is 0 Å². The van der Waals surface area contributed by atoms with Crippen molar-refractivity contribution in [3.05, 3.63) is 11.9 Å². The third-order valence-electron chi connectivity index (χ3n) is 2.44. The molecule has 5 nitrogen and oxygen atoms in total. The van der Waals surface area contributed by atoms with E-state index in [0.717, 1.165) is 18.9 Å². The quantitative estimate of drug-likeness (QED) is 0.745. The standard InChI is InChI=1S/C10H15N3O2/c1-3-15-9(14)8-6-13-5-4-7(2)11-10(13)12-8/h6-7H,3-5H2,1-2H3,(H,11,12). The fourth-order valence-corrected chi connectivity index (χ4v) is 1.63. The van der Waals surface area contributed by atoms with Gasteiger partial charge in [-0.3, -0.25) is 0 Å². The number of fused-ring (bicyclic) bond motifs is 1. The summed E-state index contributed by atoms with van der Waals surface area (Å²) in [5.41, 5.74) is 0.383. The maximum atomic E-state index is 11.4. The molecular formula is C10H15N3O2. The van der Waals surface area contributed by atoms with E-state index in [2.05, 4.69) is 17.2 Å². The van der Waals surface area contributed by atoms with Gasteiger partial charge in [0.25, 0.3) is 0 Å². The summed E-state index contributed by atoms with van der Waals surface area (Å²) in [7, 11) is 0. The van der Waals surface area contributed by atoms with Crippen molar-refractivity contribution in [2.24, 2.45) is 0 Å². The molecule has 1 aromatic heterocycles. The van der Waals surface area contributed by atoms with Gasteiger partial charge in [-0.1, -0.05) is 0 Å². The molecule has 0 radical (unpaired) electrons. The molecule has 0 fully saturated rings. The van der Waals surface area contributed by atoms with Crippen molar-refractivity contribution in [1.29, 1.82) is 0 Å². The Hall–Kier alpha value is -1.52. The SMILES string of the molecule is CCOC(=O)c1cn2c(n1)NC(C)CC2. The van der Waals surface area contributed by atoms with Crippen LogP contribution in [0.2, 0.25) is 0 Å². The summed E-state index contributed by atoms with van der Waals surface area (Å²) in [6.07, 6.45) is 2.79. The van der Waals surface area contributed by atoms with Crippen LogP contribution >= 0.6 is 0 Å². The highest BCUT2D eigenvalue weighted by atomic mass is 16.5. The van der Waals surface area contributed by atoms with Gasteiger partial charge in [-0.15, -0.1) is 0 Å². The smallest absolute Gasteiger partial charge is 0.358 e. The van der Waals surface area contributed by atoms with Crippen molar-refractivity contribution in [3.63, 3.8) is 0 Å². The molecule has 0 amide bonds. The third-order valence-corrected chi connectivity index (χ3v) is 2.44. The predicted molar refractivity (Wildman–Crippen MR) is 55.9 cm³/mol. The number of aromatic nitrogens is 2. The summed E-state index contributed by atoms with van der Waals surface area (Å²) in [6, 6.07) is 0.412. The van der Waals surface area contributed by atoms with Crippen molar-refractivity contribution in [2.75, 3.05) is 11.9 Å². The number of nitrogens with zero attached hydrogens (tertiary/aromatic N) is 2.